The van der Waals surface area contributed by atoms with Crippen LogP contribution in [-0.2, 0) is 11.2 Å². The zero-order chi connectivity index (χ0) is 22.7. The molecule has 2 aromatic carbocycles. The van der Waals surface area contributed by atoms with E-state index in [0.29, 0.717) is 29.2 Å². The number of methoxy groups -OCH3 is 1. The summed E-state index contributed by atoms with van der Waals surface area (Å²) in [5.41, 5.74) is 2.95. The van der Waals surface area contributed by atoms with E-state index in [4.69, 9.17) is 14.5 Å². The lowest BCUT2D eigenvalue weighted by Crippen LogP contribution is -2.24. The second-order valence-electron chi connectivity index (χ2n) is 7.08. The maximum atomic E-state index is 14.3. The fraction of sp³-hybridized carbons (Fsp3) is 0.208. The van der Waals surface area contributed by atoms with Crippen LogP contribution in [0.1, 0.15) is 12.6 Å². The van der Waals surface area contributed by atoms with Crippen molar-refractivity contribution in [2.45, 2.75) is 13.3 Å². The number of amides is 1. The molecular formula is C24H23FN4O3. The Morgan fingerprint density at radius 2 is 2.00 bits per heavy atom. The Hall–Kier alpha value is -3.94. The number of aryl methyl sites for hydroxylation is 1. The van der Waals surface area contributed by atoms with Crippen molar-refractivity contribution in [2.24, 2.45) is 0 Å². The number of halogens is 1. The Bertz CT molecular complexity index is 1290. The van der Waals surface area contributed by atoms with Gasteiger partial charge in [-0.1, -0.05) is 13.0 Å². The van der Waals surface area contributed by atoms with E-state index < -0.39 is 5.82 Å². The highest BCUT2D eigenvalue weighted by Gasteiger charge is 2.15. The first-order chi connectivity index (χ1) is 15.5. The molecule has 4 rings (SSSR count). The molecule has 164 valence electrons. The van der Waals surface area contributed by atoms with Gasteiger partial charge in [-0.2, -0.15) is 0 Å². The van der Waals surface area contributed by atoms with E-state index in [1.54, 1.807) is 25.2 Å². The molecule has 2 heterocycles. The molecule has 1 N–H and O–H groups in total. The number of hydrogen-bond donors (Lipinski definition) is 1. The third kappa shape index (κ3) is 4.12. The fourth-order valence-corrected chi connectivity index (χ4v) is 3.43. The highest BCUT2D eigenvalue weighted by molar-refractivity contribution is 5.83. The van der Waals surface area contributed by atoms with Crippen molar-refractivity contribution < 1.29 is 18.7 Å². The average Bonchev–Trinajstić information content (AvgIpc) is 3.26. The van der Waals surface area contributed by atoms with Gasteiger partial charge in [0.05, 0.1) is 18.5 Å². The molecule has 0 saturated heterocycles. The predicted octanol–water partition coefficient (Wildman–Crippen LogP) is 3.92. The molecule has 1 amide bonds. The first kappa shape index (κ1) is 21.3. The zero-order valence-electron chi connectivity index (χ0n) is 18.1. The van der Waals surface area contributed by atoms with Gasteiger partial charge in [0.25, 0.3) is 5.91 Å². The number of fused-ring (bicyclic) bond motifs is 1. The SMILES string of the molecule is CCc1nc(-c2ccc(OC)c(F)c2)nc2c1ccn2-c1cccc(OCC(=O)NC)c1. The van der Waals surface area contributed by atoms with Crippen LogP contribution in [-0.4, -0.2) is 41.2 Å². The van der Waals surface area contributed by atoms with Gasteiger partial charge >= 0.3 is 0 Å². The quantitative estimate of drug-likeness (QED) is 0.477. The van der Waals surface area contributed by atoms with Crippen LogP contribution in [0.5, 0.6) is 11.5 Å². The molecule has 0 aliphatic carbocycles. The van der Waals surface area contributed by atoms with Gasteiger partial charge in [0, 0.05) is 30.3 Å². The van der Waals surface area contributed by atoms with Gasteiger partial charge in [-0.3, -0.25) is 4.79 Å². The molecule has 32 heavy (non-hydrogen) atoms. The van der Waals surface area contributed by atoms with Crippen molar-refractivity contribution in [3.63, 3.8) is 0 Å². The third-order valence-electron chi connectivity index (χ3n) is 5.11. The molecule has 0 bridgehead atoms. The van der Waals surface area contributed by atoms with E-state index >= 15 is 0 Å². The largest absolute Gasteiger partial charge is 0.494 e. The minimum absolute atomic E-state index is 0.0677. The van der Waals surface area contributed by atoms with Crippen LogP contribution in [0.15, 0.2) is 54.7 Å². The lowest BCUT2D eigenvalue weighted by Gasteiger charge is -2.11. The Labute approximate surface area is 184 Å². The van der Waals surface area contributed by atoms with E-state index in [1.165, 1.54) is 13.2 Å². The van der Waals surface area contributed by atoms with Gasteiger partial charge in [-0.25, -0.2) is 14.4 Å². The van der Waals surface area contributed by atoms with Crippen LogP contribution in [0.3, 0.4) is 0 Å². The smallest absolute Gasteiger partial charge is 0.257 e. The van der Waals surface area contributed by atoms with E-state index in [-0.39, 0.29) is 18.3 Å². The molecule has 0 saturated carbocycles. The Balaban J connectivity index is 1.78. The maximum Gasteiger partial charge on any atom is 0.257 e. The Kier molecular flexibility index (Phi) is 6.02. The van der Waals surface area contributed by atoms with Crippen LogP contribution in [0.2, 0.25) is 0 Å². The molecule has 7 nitrogen and oxygen atoms in total. The summed E-state index contributed by atoms with van der Waals surface area (Å²) >= 11 is 0. The van der Waals surface area contributed by atoms with Crippen LogP contribution < -0.4 is 14.8 Å². The molecule has 0 aliphatic rings. The average molecular weight is 434 g/mol. The number of aromatic nitrogens is 3. The molecule has 0 radical (unpaired) electrons. The van der Waals surface area contributed by atoms with Gasteiger partial charge in [-0.15, -0.1) is 0 Å². The first-order valence-corrected chi connectivity index (χ1v) is 10.2. The molecule has 0 atom stereocenters. The van der Waals surface area contributed by atoms with Gasteiger partial charge in [0.1, 0.15) is 11.4 Å². The van der Waals surface area contributed by atoms with Gasteiger partial charge in [0.2, 0.25) is 0 Å². The van der Waals surface area contributed by atoms with Crippen LogP contribution in [0.4, 0.5) is 4.39 Å². The van der Waals surface area contributed by atoms with Crippen molar-refractivity contribution in [1.29, 1.82) is 0 Å². The molecule has 0 fully saturated rings. The van der Waals surface area contributed by atoms with Crippen LogP contribution in [0.25, 0.3) is 28.1 Å². The molecule has 0 aliphatic heterocycles. The minimum Gasteiger partial charge on any atom is -0.494 e. The fourth-order valence-electron chi connectivity index (χ4n) is 3.43. The summed E-state index contributed by atoms with van der Waals surface area (Å²) in [5.74, 6) is 0.488. The van der Waals surface area contributed by atoms with E-state index in [0.717, 1.165) is 16.8 Å². The number of carbonyl (C=O) groups excluding carboxylic acids is 1. The predicted molar refractivity (Wildman–Crippen MR) is 120 cm³/mol. The lowest BCUT2D eigenvalue weighted by atomic mass is 10.1. The van der Waals surface area contributed by atoms with Crippen LogP contribution in [0, 0.1) is 5.82 Å². The van der Waals surface area contributed by atoms with E-state index in [9.17, 15) is 9.18 Å². The third-order valence-corrected chi connectivity index (χ3v) is 5.11. The monoisotopic (exact) mass is 434 g/mol. The van der Waals surface area contributed by atoms with Gasteiger partial charge in [-0.05, 0) is 42.8 Å². The molecule has 8 heteroatoms. The number of carbonyl (C=O) groups is 1. The van der Waals surface area contributed by atoms with Crippen molar-refractivity contribution in [3.8, 4) is 28.6 Å². The lowest BCUT2D eigenvalue weighted by molar-refractivity contribution is -0.122. The number of hydrogen-bond acceptors (Lipinski definition) is 5. The number of likely N-dealkylation sites (N-methyl/N-ethyl adjacent to an activating group) is 1. The summed E-state index contributed by atoms with van der Waals surface area (Å²) < 4.78 is 26.8. The zero-order valence-corrected chi connectivity index (χ0v) is 18.1. The molecule has 2 aromatic heterocycles. The second-order valence-corrected chi connectivity index (χ2v) is 7.08. The summed E-state index contributed by atoms with van der Waals surface area (Å²) in [7, 11) is 2.99. The Morgan fingerprint density at radius 1 is 1.16 bits per heavy atom. The Morgan fingerprint density at radius 3 is 2.72 bits per heavy atom. The number of ether oxygens (including phenoxy) is 2. The highest BCUT2D eigenvalue weighted by Crippen LogP contribution is 2.28. The van der Waals surface area contributed by atoms with Crippen molar-refractivity contribution >= 4 is 16.9 Å². The van der Waals surface area contributed by atoms with Crippen LogP contribution >= 0.6 is 0 Å². The van der Waals surface area contributed by atoms with E-state index in [2.05, 4.69) is 10.3 Å². The summed E-state index contributed by atoms with van der Waals surface area (Å²) in [5, 5.41) is 3.44. The summed E-state index contributed by atoms with van der Waals surface area (Å²) in [6.45, 7) is 1.95. The van der Waals surface area contributed by atoms with Crippen molar-refractivity contribution in [1.82, 2.24) is 19.9 Å². The van der Waals surface area contributed by atoms with Gasteiger partial charge < -0.3 is 19.4 Å². The highest BCUT2D eigenvalue weighted by atomic mass is 19.1. The summed E-state index contributed by atoms with van der Waals surface area (Å²) in [6, 6.07) is 14.0. The second kappa shape index (κ2) is 9.05. The van der Waals surface area contributed by atoms with Crippen molar-refractivity contribution in [2.75, 3.05) is 20.8 Å². The molecular weight excluding hydrogens is 411 g/mol. The molecule has 0 unspecified atom stereocenters. The first-order valence-electron chi connectivity index (χ1n) is 10.2. The molecule has 0 spiro atoms. The topological polar surface area (TPSA) is 78.3 Å². The summed E-state index contributed by atoms with van der Waals surface area (Å²) in [4.78, 5) is 20.9. The molecule has 4 aromatic rings. The normalized spacial score (nSPS) is 10.9. The van der Waals surface area contributed by atoms with E-state index in [1.807, 2.05) is 42.0 Å². The number of nitrogens with zero attached hydrogens (tertiary/aromatic N) is 3. The minimum atomic E-state index is -0.469. The summed E-state index contributed by atoms with van der Waals surface area (Å²) in [6.07, 6.45) is 2.61. The number of rotatable bonds is 7. The number of nitrogens with one attached hydrogen (secondary N) is 1. The number of benzene rings is 2. The maximum absolute atomic E-state index is 14.3. The van der Waals surface area contributed by atoms with Gasteiger partial charge in [0.15, 0.2) is 24.0 Å². The van der Waals surface area contributed by atoms with Crippen molar-refractivity contribution in [3.05, 3.63) is 66.2 Å². The standard InChI is InChI=1S/C24H23FN4O3/c1-4-20-18-10-11-29(16-6-5-7-17(13-16)32-14-22(30)26-2)24(18)28-23(27-20)15-8-9-21(31-3)19(25)12-15/h5-13H,4,14H2,1-3H3,(H,26,30).